The fourth-order valence-corrected chi connectivity index (χ4v) is 2.46. The van der Waals surface area contributed by atoms with Crippen LogP contribution < -0.4 is 5.73 Å². The van der Waals surface area contributed by atoms with Gasteiger partial charge in [0.15, 0.2) is 5.65 Å². The number of hydrogen-bond donors (Lipinski definition) is 1. The number of nitrogens with two attached hydrogens (primary N) is 1. The molecule has 0 bridgehead atoms. The van der Waals surface area contributed by atoms with Crippen molar-refractivity contribution < 1.29 is 0 Å². The highest BCUT2D eigenvalue weighted by molar-refractivity contribution is 7.99. The van der Waals surface area contributed by atoms with E-state index in [1.165, 1.54) is 11.8 Å². The lowest BCUT2D eigenvalue weighted by Crippen LogP contribution is -1.96. The predicted molar refractivity (Wildman–Crippen MR) is 69.2 cm³/mol. The monoisotopic (exact) mass is 257 g/mol. The lowest BCUT2D eigenvalue weighted by atomic mass is 10.3. The fraction of sp³-hybridized carbons (Fsp3) is 0.0833. The van der Waals surface area contributed by atoms with Gasteiger partial charge in [-0.25, -0.2) is 4.98 Å². The van der Waals surface area contributed by atoms with Crippen LogP contribution in [-0.4, -0.2) is 19.6 Å². The molecule has 0 radical (unpaired) electrons. The van der Waals surface area contributed by atoms with Crippen molar-refractivity contribution in [3.63, 3.8) is 0 Å². The summed E-state index contributed by atoms with van der Waals surface area (Å²) in [4.78, 5) is 4.30. The van der Waals surface area contributed by atoms with Crippen LogP contribution >= 0.6 is 11.8 Å². The van der Waals surface area contributed by atoms with Crippen molar-refractivity contribution >= 4 is 17.4 Å². The topological polar surface area (TPSA) is 69.1 Å². The summed E-state index contributed by atoms with van der Waals surface area (Å²) in [5.41, 5.74) is 7.50. The molecule has 0 spiro atoms. The van der Waals surface area contributed by atoms with Crippen LogP contribution in [0.2, 0.25) is 0 Å². The Morgan fingerprint density at radius 3 is 3.06 bits per heavy atom. The molecule has 0 aliphatic heterocycles. The van der Waals surface area contributed by atoms with Gasteiger partial charge >= 0.3 is 0 Å². The van der Waals surface area contributed by atoms with Crippen molar-refractivity contribution in [3.8, 4) is 0 Å². The second-order valence-corrected chi connectivity index (χ2v) is 4.71. The summed E-state index contributed by atoms with van der Waals surface area (Å²) in [6.07, 6.45) is 3.69. The van der Waals surface area contributed by atoms with Gasteiger partial charge in [-0.1, -0.05) is 6.07 Å². The zero-order valence-electron chi connectivity index (χ0n) is 9.52. The molecule has 6 heteroatoms. The molecule has 0 atom stereocenters. The molecule has 2 N–H and O–H groups in total. The molecule has 5 nitrogen and oxygen atoms in total. The summed E-state index contributed by atoms with van der Waals surface area (Å²) < 4.78 is 1.93. The molecule has 3 heterocycles. The van der Waals surface area contributed by atoms with Crippen molar-refractivity contribution in [3.05, 3.63) is 48.3 Å². The minimum Gasteiger partial charge on any atom is -0.326 e. The van der Waals surface area contributed by atoms with Crippen molar-refractivity contribution in [1.82, 2.24) is 19.6 Å². The van der Waals surface area contributed by atoms with Crippen molar-refractivity contribution in [2.45, 2.75) is 16.7 Å². The highest BCUT2D eigenvalue weighted by Crippen LogP contribution is 2.24. The number of aromatic nitrogens is 4. The first kappa shape index (κ1) is 11.2. The quantitative estimate of drug-likeness (QED) is 0.774. The number of nitrogens with zero attached hydrogens (tertiary/aromatic N) is 4. The third-order valence-corrected chi connectivity index (χ3v) is 3.41. The molecule has 0 aliphatic rings. The largest absolute Gasteiger partial charge is 0.326 e. The van der Waals surface area contributed by atoms with E-state index in [4.69, 9.17) is 5.73 Å². The number of fused-ring (bicyclic) bond motifs is 1. The van der Waals surface area contributed by atoms with Gasteiger partial charge in [0.25, 0.3) is 0 Å². The smallest absolute Gasteiger partial charge is 0.201 e. The zero-order valence-corrected chi connectivity index (χ0v) is 10.3. The zero-order chi connectivity index (χ0) is 12.4. The molecule has 90 valence electrons. The maximum absolute atomic E-state index is 5.61. The number of rotatable bonds is 3. The van der Waals surface area contributed by atoms with Crippen molar-refractivity contribution in [2.75, 3.05) is 0 Å². The maximum Gasteiger partial charge on any atom is 0.201 e. The summed E-state index contributed by atoms with van der Waals surface area (Å²) in [6, 6.07) is 9.68. The molecule has 18 heavy (non-hydrogen) atoms. The minimum absolute atomic E-state index is 0.511. The third-order valence-electron chi connectivity index (χ3n) is 2.51. The van der Waals surface area contributed by atoms with Gasteiger partial charge in [-0.3, -0.25) is 4.40 Å². The Balaban J connectivity index is 1.96. The van der Waals surface area contributed by atoms with Gasteiger partial charge in [-0.05, 0) is 41.6 Å². The Morgan fingerprint density at radius 2 is 2.17 bits per heavy atom. The normalized spacial score (nSPS) is 10.9. The molecule has 3 aromatic rings. The Morgan fingerprint density at radius 1 is 1.22 bits per heavy atom. The summed E-state index contributed by atoms with van der Waals surface area (Å²) in [5, 5.41) is 9.92. The molecular weight excluding hydrogens is 246 g/mol. The summed E-state index contributed by atoms with van der Waals surface area (Å²) in [7, 11) is 0. The molecule has 0 saturated heterocycles. The van der Waals surface area contributed by atoms with E-state index >= 15 is 0 Å². The molecule has 3 rings (SSSR count). The standard InChI is InChI=1S/C12H11N5S/c13-8-9-4-5-14-11(7-9)18-12-16-15-10-3-1-2-6-17(10)12/h1-7H,8,13H2. The second kappa shape index (κ2) is 4.75. The maximum atomic E-state index is 5.61. The van der Waals surface area contributed by atoms with E-state index in [1.807, 2.05) is 40.9 Å². The number of pyridine rings is 2. The Labute approximate surface area is 108 Å². The lowest BCUT2D eigenvalue weighted by Gasteiger charge is -2.01. The lowest BCUT2D eigenvalue weighted by molar-refractivity contribution is 0.915. The van der Waals surface area contributed by atoms with E-state index in [2.05, 4.69) is 15.2 Å². The molecular formula is C12H11N5S. The van der Waals surface area contributed by atoms with Crippen LogP contribution in [0.25, 0.3) is 5.65 Å². The molecule has 0 fully saturated rings. The SMILES string of the molecule is NCc1ccnc(Sc2nnc3ccccn23)c1. The van der Waals surface area contributed by atoms with E-state index in [1.54, 1.807) is 6.20 Å². The fourth-order valence-electron chi connectivity index (χ4n) is 1.62. The van der Waals surface area contributed by atoms with Gasteiger partial charge in [0.1, 0.15) is 5.03 Å². The van der Waals surface area contributed by atoms with Crippen molar-refractivity contribution in [2.24, 2.45) is 5.73 Å². The van der Waals surface area contributed by atoms with E-state index in [-0.39, 0.29) is 0 Å². The van der Waals surface area contributed by atoms with Gasteiger partial charge in [-0.15, -0.1) is 10.2 Å². The minimum atomic E-state index is 0.511. The van der Waals surface area contributed by atoms with Crippen molar-refractivity contribution in [1.29, 1.82) is 0 Å². The average Bonchev–Trinajstić information content (AvgIpc) is 2.83. The van der Waals surface area contributed by atoms with E-state index in [0.717, 1.165) is 21.4 Å². The molecule has 0 unspecified atom stereocenters. The van der Waals surface area contributed by atoms with E-state index < -0.39 is 0 Å². The van der Waals surface area contributed by atoms with Crippen LogP contribution in [0, 0.1) is 0 Å². The first-order chi connectivity index (χ1) is 8.86. The Bertz CT molecular complexity index is 679. The Kier molecular flexibility index (Phi) is 2.95. The predicted octanol–water partition coefficient (Wildman–Crippen LogP) is 1.73. The highest BCUT2D eigenvalue weighted by atomic mass is 32.2. The van der Waals surface area contributed by atoms with Crippen LogP contribution in [0.15, 0.2) is 52.9 Å². The average molecular weight is 257 g/mol. The van der Waals surface area contributed by atoms with Crippen LogP contribution in [-0.2, 0) is 6.54 Å². The van der Waals surface area contributed by atoms with Crippen LogP contribution in [0.3, 0.4) is 0 Å². The van der Waals surface area contributed by atoms with Gasteiger partial charge in [0.2, 0.25) is 5.16 Å². The summed E-state index contributed by atoms with van der Waals surface area (Å²) in [6.45, 7) is 0.511. The molecule has 0 amide bonds. The summed E-state index contributed by atoms with van der Waals surface area (Å²) >= 11 is 1.48. The molecule has 3 aromatic heterocycles. The Hall–Kier alpha value is -1.92. The van der Waals surface area contributed by atoms with Gasteiger partial charge in [-0.2, -0.15) is 0 Å². The van der Waals surface area contributed by atoms with Crippen LogP contribution in [0.5, 0.6) is 0 Å². The molecule has 0 aliphatic carbocycles. The van der Waals surface area contributed by atoms with Gasteiger partial charge in [0, 0.05) is 18.9 Å². The number of hydrogen-bond acceptors (Lipinski definition) is 5. The first-order valence-electron chi connectivity index (χ1n) is 5.49. The highest BCUT2D eigenvalue weighted by Gasteiger charge is 2.07. The van der Waals surface area contributed by atoms with Crippen LogP contribution in [0.4, 0.5) is 0 Å². The van der Waals surface area contributed by atoms with E-state index in [9.17, 15) is 0 Å². The second-order valence-electron chi connectivity index (χ2n) is 3.72. The van der Waals surface area contributed by atoms with E-state index in [0.29, 0.717) is 6.54 Å². The third kappa shape index (κ3) is 2.07. The summed E-state index contributed by atoms with van der Waals surface area (Å²) in [5.74, 6) is 0. The van der Waals surface area contributed by atoms with Crippen LogP contribution in [0.1, 0.15) is 5.56 Å². The molecule has 0 aromatic carbocycles. The van der Waals surface area contributed by atoms with Gasteiger partial charge < -0.3 is 5.73 Å². The first-order valence-corrected chi connectivity index (χ1v) is 6.31. The van der Waals surface area contributed by atoms with Gasteiger partial charge in [0.05, 0.1) is 0 Å². The molecule has 0 saturated carbocycles.